The van der Waals surface area contributed by atoms with Crippen molar-refractivity contribution in [3.63, 3.8) is 0 Å². The standard InChI is InChI=1S/C21H26N2O6S/c1-14-12-23(13-15(2)29-14)30(25,26)18-7-5-6-16(10-18)21(24)22-17-8-9-19(27-3)20(11-17)28-4/h5-11,14-15H,12-13H2,1-4H3,(H,22,24)/t14-,15+. The molecule has 0 bridgehead atoms. The number of nitrogens with one attached hydrogen (secondary N) is 1. The molecular formula is C21H26N2O6S. The smallest absolute Gasteiger partial charge is 0.255 e. The lowest BCUT2D eigenvalue weighted by Gasteiger charge is -2.34. The van der Waals surface area contributed by atoms with Crippen LogP contribution < -0.4 is 14.8 Å². The molecule has 3 rings (SSSR count). The Bertz CT molecular complexity index is 1010. The second kappa shape index (κ2) is 9.03. The van der Waals surface area contributed by atoms with E-state index < -0.39 is 15.9 Å². The largest absolute Gasteiger partial charge is 0.493 e. The molecule has 0 aromatic heterocycles. The second-order valence-corrected chi connectivity index (χ2v) is 9.07. The fourth-order valence-electron chi connectivity index (χ4n) is 3.39. The van der Waals surface area contributed by atoms with E-state index in [4.69, 9.17) is 14.2 Å². The SMILES string of the molecule is COc1ccc(NC(=O)c2cccc(S(=O)(=O)N3C[C@@H](C)O[C@@H](C)C3)c2)cc1OC. The van der Waals surface area contributed by atoms with Crippen LogP contribution >= 0.6 is 0 Å². The van der Waals surface area contributed by atoms with Crippen LogP contribution in [0.25, 0.3) is 0 Å². The Morgan fingerprint density at radius 1 is 1.03 bits per heavy atom. The summed E-state index contributed by atoms with van der Waals surface area (Å²) in [6.45, 7) is 4.22. The van der Waals surface area contributed by atoms with Crippen LogP contribution in [-0.2, 0) is 14.8 Å². The van der Waals surface area contributed by atoms with E-state index >= 15 is 0 Å². The van der Waals surface area contributed by atoms with Crippen LogP contribution in [0.15, 0.2) is 47.4 Å². The molecule has 0 aliphatic carbocycles. The Labute approximate surface area is 176 Å². The van der Waals surface area contributed by atoms with Gasteiger partial charge in [-0.1, -0.05) is 6.07 Å². The van der Waals surface area contributed by atoms with Gasteiger partial charge in [0.15, 0.2) is 11.5 Å². The van der Waals surface area contributed by atoms with Crippen LogP contribution in [0.5, 0.6) is 11.5 Å². The number of hydrogen-bond acceptors (Lipinski definition) is 6. The Balaban J connectivity index is 1.82. The van der Waals surface area contributed by atoms with Gasteiger partial charge in [0.1, 0.15) is 0 Å². The van der Waals surface area contributed by atoms with E-state index in [-0.39, 0.29) is 35.8 Å². The van der Waals surface area contributed by atoms with Gasteiger partial charge in [-0.3, -0.25) is 4.79 Å². The number of methoxy groups -OCH3 is 2. The molecule has 1 heterocycles. The first-order valence-corrected chi connectivity index (χ1v) is 11.0. The summed E-state index contributed by atoms with van der Waals surface area (Å²) >= 11 is 0. The van der Waals surface area contributed by atoms with Gasteiger partial charge in [-0.25, -0.2) is 8.42 Å². The molecule has 2 atom stereocenters. The first kappa shape index (κ1) is 22.1. The number of anilines is 1. The van der Waals surface area contributed by atoms with Gasteiger partial charge in [-0.2, -0.15) is 4.31 Å². The number of carbonyl (C=O) groups is 1. The Hall–Kier alpha value is -2.62. The molecule has 1 amide bonds. The molecule has 0 radical (unpaired) electrons. The average Bonchev–Trinajstić information content (AvgIpc) is 2.73. The van der Waals surface area contributed by atoms with Crippen molar-refractivity contribution in [2.24, 2.45) is 0 Å². The van der Waals surface area contributed by atoms with Crippen molar-refractivity contribution in [2.45, 2.75) is 31.0 Å². The predicted octanol–water partition coefficient (Wildman–Crippen LogP) is 2.75. The van der Waals surface area contributed by atoms with Crippen molar-refractivity contribution in [1.29, 1.82) is 0 Å². The summed E-state index contributed by atoms with van der Waals surface area (Å²) in [7, 11) is -0.709. The van der Waals surface area contributed by atoms with Crippen LogP contribution in [0, 0.1) is 0 Å². The van der Waals surface area contributed by atoms with Gasteiger partial charge < -0.3 is 19.5 Å². The minimum absolute atomic E-state index is 0.0729. The number of benzene rings is 2. The van der Waals surface area contributed by atoms with Crippen LogP contribution in [0.1, 0.15) is 24.2 Å². The third kappa shape index (κ3) is 4.75. The zero-order chi connectivity index (χ0) is 21.9. The molecule has 162 valence electrons. The molecule has 1 aliphatic heterocycles. The van der Waals surface area contributed by atoms with Gasteiger partial charge in [-0.15, -0.1) is 0 Å². The lowest BCUT2D eigenvalue weighted by molar-refractivity contribution is -0.0440. The van der Waals surface area contributed by atoms with Crippen molar-refractivity contribution >= 4 is 21.6 Å². The normalized spacial score (nSPS) is 19.9. The molecule has 9 heteroatoms. The van der Waals surface area contributed by atoms with Gasteiger partial charge in [-0.05, 0) is 44.2 Å². The summed E-state index contributed by atoms with van der Waals surface area (Å²) < 4.78 is 43.6. The highest BCUT2D eigenvalue weighted by Crippen LogP contribution is 2.30. The number of amides is 1. The Morgan fingerprint density at radius 3 is 2.33 bits per heavy atom. The Kier molecular flexibility index (Phi) is 6.64. The molecule has 1 fully saturated rings. The maximum absolute atomic E-state index is 13.1. The van der Waals surface area contributed by atoms with Crippen molar-refractivity contribution in [3.8, 4) is 11.5 Å². The molecule has 8 nitrogen and oxygen atoms in total. The summed E-state index contributed by atoms with van der Waals surface area (Å²) in [6.07, 6.45) is -0.389. The molecule has 2 aromatic rings. The number of ether oxygens (including phenoxy) is 3. The monoisotopic (exact) mass is 434 g/mol. The number of sulfonamides is 1. The molecular weight excluding hydrogens is 408 g/mol. The minimum atomic E-state index is -3.74. The Morgan fingerprint density at radius 2 is 1.70 bits per heavy atom. The topological polar surface area (TPSA) is 94.2 Å². The zero-order valence-corrected chi connectivity index (χ0v) is 18.2. The van der Waals surface area contributed by atoms with E-state index in [1.54, 1.807) is 30.3 Å². The molecule has 0 spiro atoms. The molecule has 1 saturated heterocycles. The molecule has 0 unspecified atom stereocenters. The first-order chi connectivity index (χ1) is 14.2. The van der Waals surface area contributed by atoms with Gasteiger partial charge in [0.25, 0.3) is 5.91 Å². The maximum atomic E-state index is 13.1. The number of hydrogen-bond donors (Lipinski definition) is 1. The van der Waals surface area contributed by atoms with E-state index in [2.05, 4.69) is 5.32 Å². The molecule has 0 saturated carbocycles. The van der Waals surface area contributed by atoms with Crippen molar-refractivity contribution < 1.29 is 27.4 Å². The van der Waals surface area contributed by atoms with Crippen LogP contribution in [-0.4, -0.2) is 58.1 Å². The zero-order valence-electron chi connectivity index (χ0n) is 17.4. The predicted molar refractivity (Wildman–Crippen MR) is 113 cm³/mol. The number of carbonyl (C=O) groups excluding carboxylic acids is 1. The summed E-state index contributed by atoms with van der Waals surface area (Å²) in [5, 5.41) is 2.75. The molecule has 1 aliphatic rings. The highest BCUT2D eigenvalue weighted by Gasteiger charge is 2.32. The first-order valence-electron chi connectivity index (χ1n) is 9.53. The van der Waals surface area contributed by atoms with Gasteiger partial charge in [0.2, 0.25) is 10.0 Å². The van der Waals surface area contributed by atoms with E-state index in [0.717, 1.165) is 0 Å². The van der Waals surface area contributed by atoms with Crippen molar-refractivity contribution in [1.82, 2.24) is 4.31 Å². The van der Waals surface area contributed by atoms with Gasteiger partial charge in [0, 0.05) is 30.4 Å². The maximum Gasteiger partial charge on any atom is 0.255 e. The average molecular weight is 435 g/mol. The highest BCUT2D eigenvalue weighted by molar-refractivity contribution is 7.89. The van der Waals surface area contributed by atoms with Crippen molar-refractivity contribution in [2.75, 3.05) is 32.6 Å². The van der Waals surface area contributed by atoms with Gasteiger partial charge in [0.05, 0.1) is 31.3 Å². The van der Waals surface area contributed by atoms with E-state index in [1.165, 1.54) is 30.7 Å². The van der Waals surface area contributed by atoms with E-state index in [0.29, 0.717) is 17.2 Å². The van der Waals surface area contributed by atoms with Gasteiger partial charge >= 0.3 is 0 Å². The van der Waals surface area contributed by atoms with Crippen LogP contribution in [0.4, 0.5) is 5.69 Å². The third-order valence-corrected chi connectivity index (χ3v) is 6.59. The second-order valence-electron chi connectivity index (χ2n) is 7.13. The number of rotatable bonds is 6. The molecule has 1 N–H and O–H groups in total. The van der Waals surface area contributed by atoms with Crippen LogP contribution in [0.3, 0.4) is 0 Å². The number of morpholine rings is 1. The quantitative estimate of drug-likeness (QED) is 0.751. The van der Waals surface area contributed by atoms with E-state index in [1.807, 2.05) is 13.8 Å². The molecule has 30 heavy (non-hydrogen) atoms. The fraction of sp³-hybridized carbons (Fsp3) is 0.381. The molecule has 2 aromatic carbocycles. The highest BCUT2D eigenvalue weighted by atomic mass is 32.2. The van der Waals surface area contributed by atoms with Crippen LogP contribution in [0.2, 0.25) is 0 Å². The minimum Gasteiger partial charge on any atom is -0.493 e. The summed E-state index contributed by atoms with van der Waals surface area (Å²) in [6, 6.07) is 11.0. The van der Waals surface area contributed by atoms with Crippen molar-refractivity contribution in [3.05, 3.63) is 48.0 Å². The summed E-state index contributed by atoms with van der Waals surface area (Å²) in [4.78, 5) is 12.8. The third-order valence-electron chi connectivity index (χ3n) is 4.76. The summed E-state index contributed by atoms with van der Waals surface area (Å²) in [5.74, 6) is 0.586. The fourth-order valence-corrected chi connectivity index (χ4v) is 5.03. The lowest BCUT2D eigenvalue weighted by atomic mass is 10.2. The lowest BCUT2D eigenvalue weighted by Crippen LogP contribution is -2.48. The van der Waals surface area contributed by atoms with E-state index in [9.17, 15) is 13.2 Å². The summed E-state index contributed by atoms with van der Waals surface area (Å²) in [5.41, 5.74) is 0.738. The number of nitrogens with zero attached hydrogens (tertiary/aromatic N) is 1.